The van der Waals surface area contributed by atoms with Crippen LogP contribution in [-0.2, 0) is 14.3 Å². The average molecular weight is 261 g/mol. The second-order valence-corrected chi connectivity index (χ2v) is 6.88. The number of likely N-dealkylation sites (tertiary alicyclic amines) is 1. The molecule has 17 heavy (non-hydrogen) atoms. The SMILES string of the molecule is O=S(=O)(CCN1CCCCC1)OC1CCCC1. The third-order valence-corrected chi connectivity index (χ3v) is 4.94. The molecular formula is C12H23NO3S. The van der Waals surface area contributed by atoms with Gasteiger partial charge in [0.1, 0.15) is 0 Å². The monoisotopic (exact) mass is 261 g/mol. The molecule has 0 spiro atoms. The molecule has 2 rings (SSSR count). The van der Waals surface area contributed by atoms with E-state index in [4.69, 9.17) is 4.18 Å². The molecule has 0 amide bonds. The maximum absolute atomic E-state index is 11.8. The van der Waals surface area contributed by atoms with Crippen LogP contribution in [0.25, 0.3) is 0 Å². The number of piperidine rings is 1. The van der Waals surface area contributed by atoms with Gasteiger partial charge in [-0.2, -0.15) is 8.42 Å². The van der Waals surface area contributed by atoms with Gasteiger partial charge in [0.25, 0.3) is 10.1 Å². The minimum Gasteiger partial charge on any atom is -0.302 e. The Morgan fingerprint density at radius 2 is 1.65 bits per heavy atom. The summed E-state index contributed by atoms with van der Waals surface area (Å²) < 4.78 is 28.8. The molecule has 1 saturated carbocycles. The van der Waals surface area contributed by atoms with Gasteiger partial charge in [-0.05, 0) is 38.8 Å². The Morgan fingerprint density at radius 1 is 1.00 bits per heavy atom. The molecule has 2 aliphatic rings. The summed E-state index contributed by atoms with van der Waals surface area (Å²) in [7, 11) is -3.31. The quantitative estimate of drug-likeness (QED) is 0.708. The lowest BCUT2D eigenvalue weighted by atomic mass is 10.1. The zero-order valence-corrected chi connectivity index (χ0v) is 11.3. The second kappa shape index (κ2) is 6.16. The fourth-order valence-electron chi connectivity index (χ4n) is 2.66. The standard InChI is InChI=1S/C12H23NO3S/c14-17(15,16-12-6-2-3-7-12)11-10-13-8-4-1-5-9-13/h12H,1-11H2. The number of hydrogen-bond acceptors (Lipinski definition) is 4. The zero-order chi connectivity index (χ0) is 12.1. The van der Waals surface area contributed by atoms with Crippen LogP contribution in [0.3, 0.4) is 0 Å². The molecule has 0 aromatic heterocycles. The van der Waals surface area contributed by atoms with Crippen molar-refractivity contribution >= 4 is 10.1 Å². The predicted molar refractivity (Wildman–Crippen MR) is 67.4 cm³/mol. The zero-order valence-electron chi connectivity index (χ0n) is 10.4. The van der Waals surface area contributed by atoms with Crippen molar-refractivity contribution in [1.82, 2.24) is 4.90 Å². The molecule has 4 nitrogen and oxygen atoms in total. The molecule has 1 heterocycles. The Labute approximate surface area is 104 Å². The minimum atomic E-state index is -3.31. The van der Waals surface area contributed by atoms with Crippen molar-refractivity contribution in [3.8, 4) is 0 Å². The van der Waals surface area contributed by atoms with Crippen LogP contribution in [0.5, 0.6) is 0 Å². The van der Waals surface area contributed by atoms with Crippen LogP contribution in [0.1, 0.15) is 44.9 Å². The van der Waals surface area contributed by atoms with Gasteiger partial charge in [-0.25, -0.2) is 0 Å². The van der Waals surface area contributed by atoms with Crippen LogP contribution >= 0.6 is 0 Å². The predicted octanol–water partition coefficient (Wildman–Crippen LogP) is 1.76. The first-order valence-electron chi connectivity index (χ1n) is 6.79. The first-order valence-corrected chi connectivity index (χ1v) is 8.37. The van der Waals surface area contributed by atoms with Gasteiger partial charge in [-0.3, -0.25) is 4.18 Å². The van der Waals surface area contributed by atoms with Crippen molar-refractivity contribution in [3.63, 3.8) is 0 Å². The summed E-state index contributed by atoms with van der Waals surface area (Å²) in [5, 5.41) is 0. The van der Waals surface area contributed by atoms with Crippen LogP contribution in [-0.4, -0.2) is 44.8 Å². The Kier molecular flexibility index (Phi) is 4.82. The van der Waals surface area contributed by atoms with E-state index >= 15 is 0 Å². The first kappa shape index (κ1) is 13.3. The normalized spacial score (nSPS) is 24.2. The summed E-state index contributed by atoms with van der Waals surface area (Å²) in [6.07, 6.45) is 7.65. The summed E-state index contributed by atoms with van der Waals surface area (Å²) in [5.74, 6) is 0.156. The molecule has 1 saturated heterocycles. The first-order chi connectivity index (χ1) is 8.16. The molecule has 1 aliphatic heterocycles. The lowest BCUT2D eigenvalue weighted by Crippen LogP contribution is -2.34. The van der Waals surface area contributed by atoms with Gasteiger partial charge < -0.3 is 4.90 Å². The Balaban J connectivity index is 1.72. The van der Waals surface area contributed by atoms with Gasteiger partial charge in [0, 0.05) is 6.54 Å². The van der Waals surface area contributed by atoms with E-state index in [0.29, 0.717) is 6.54 Å². The Morgan fingerprint density at radius 3 is 2.29 bits per heavy atom. The summed E-state index contributed by atoms with van der Waals surface area (Å²) in [4.78, 5) is 2.24. The molecule has 100 valence electrons. The summed E-state index contributed by atoms with van der Waals surface area (Å²) in [5.41, 5.74) is 0. The van der Waals surface area contributed by atoms with E-state index in [1.54, 1.807) is 0 Å². The van der Waals surface area contributed by atoms with Crippen molar-refractivity contribution in [2.45, 2.75) is 51.0 Å². The highest BCUT2D eigenvalue weighted by Gasteiger charge is 2.23. The molecular weight excluding hydrogens is 238 g/mol. The van der Waals surface area contributed by atoms with E-state index in [2.05, 4.69) is 4.90 Å². The van der Waals surface area contributed by atoms with Gasteiger partial charge in [0.2, 0.25) is 0 Å². The maximum Gasteiger partial charge on any atom is 0.268 e. The van der Waals surface area contributed by atoms with Crippen LogP contribution < -0.4 is 0 Å². The third kappa shape index (κ3) is 4.56. The fourth-order valence-corrected chi connectivity index (χ4v) is 3.85. The van der Waals surface area contributed by atoms with Crippen LogP contribution in [0, 0.1) is 0 Å². The van der Waals surface area contributed by atoms with Crippen LogP contribution in [0.4, 0.5) is 0 Å². The maximum atomic E-state index is 11.8. The lowest BCUT2D eigenvalue weighted by Gasteiger charge is -2.26. The smallest absolute Gasteiger partial charge is 0.268 e. The molecule has 0 aromatic carbocycles. The minimum absolute atomic E-state index is 0.0404. The largest absolute Gasteiger partial charge is 0.302 e. The summed E-state index contributed by atoms with van der Waals surface area (Å²) >= 11 is 0. The molecule has 0 aromatic rings. The molecule has 0 radical (unpaired) electrons. The van der Waals surface area contributed by atoms with E-state index < -0.39 is 10.1 Å². The fraction of sp³-hybridized carbons (Fsp3) is 1.00. The van der Waals surface area contributed by atoms with Gasteiger partial charge in [0.15, 0.2) is 0 Å². The molecule has 0 atom stereocenters. The molecule has 0 unspecified atom stereocenters. The van der Waals surface area contributed by atoms with E-state index in [1.807, 2.05) is 0 Å². The highest BCUT2D eigenvalue weighted by atomic mass is 32.2. The summed E-state index contributed by atoms with van der Waals surface area (Å²) in [6.45, 7) is 2.72. The third-order valence-electron chi connectivity index (χ3n) is 3.69. The lowest BCUT2D eigenvalue weighted by molar-refractivity contribution is 0.208. The number of rotatable bonds is 5. The Bertz CT molecular complexity index is 317. The van der Waals surface area contributed by atoms with E-state index in [1.165, 1.54) is 19.3 Å². The molecule has 0 bridgehead atoms. The van der Waals surface area contributed by atoms with Crippen molar-refractivity contribution < 1.29 is 12.6 Å². The number of hydrogen-bond donors (Lipinski definition) is 0. The highest BCUT2D eigenvalue weighted by Crippen LogP contribution is 2.22. The van der Waals surface area contributed by atoms with Crippen molar-refractivity contribution in [3.05, 3.63) is 0 Å². The summed E-state index contributed by atoms with van der Waals surface area (Å²) in [6, 6.07) is 0. The van der Waals surface area contributed by atoms with Gasteiger partial charge >= 0.3 is 0 Å². The van der Waals surface area contributed by atoms with Crippen molar-refractivity contribution in [2.75, 3.05) is 25.4 Å². The number of nitrogens with zero attached hydrogens (tertiary/aromatic N) is 1. The van der Waals surface area contributed by atoms with E-state index in [-0.39, 0.29) is 11.9 Å². The molecule has 1 aliphatic carbocycles. The topological polar surface area (TPSA) is 46.6 Å². The molecule has 0 N–H and O–H groups in total. The molecule has 5 heteroatoms. The molecule has 2 fully saturated rings. The van der Waals surface area contributed by atoms with Crippen LogP contribution in [0.15, 0.2) is 0 Å². The van der Waals surface area contributed by atoms with E-state index in [9.17, 15) is 8.42 Å². The van der Waals surface area contributed by atoms with Gasteiger partial charge in [-0.1, -0.05) is 19.3 Å². The average Bonchev–Trinajstić information content (AvgIpc) is 2.80. The second-order valence-electron chi connectivity index (χ2n) is 5.17. The van der Waals surface area contributed by atoms with Crippen molar-refractivity contribution in [2.24, 2.45) is 0 Å². The Hall–Kier alpha value is -0.130. The highest BCUT2D eigenvalue weighted by molar-refractivity contribution is 7.86. The van der Waals surface area contributed by atoms with Gasteiger partial charge in [-0.15, -0.1) is 0 Å². The van der Waals surface area contributed by atoms with Crippen LogP contribution in [0.2, 0.25) is 0 Å². The van der Waals surface area contributed by atoms with E-state index in [0.717, 1.165) is 38.8 Å². The van der Waals surface area contributed by atoms with Gasteiger partial charge in [0.05, 0.1) is 11.9 Å². The van der Waals surface area contributed by atoms with Crippen molar-refractivity contribution in [1.29, 1.82) is 0 Å².